The molecular formula is C26H27ClN4O3. The van der Waals surface area contributed by atoms with Gasteiger partial charge in [-0.1, -0.05) is 35.9 Å². The molecule has 2 aliphatic rings. The van der Waals surface area contributed by atoms with Crippen LogP contribution in [0.1, 0.15) is 53.2 Å². The predicted octanol–water partition coefficient (Wildman–Crippen LogP) is 4.20. The van der Waals surface area contributed by atoms with E-state index in [9.17, 15) is 15.0 Å². The van der Waals surface area contributed by atoms with Crippen LogP contribution in [-0.2, 0) is 6.54 Å². The molecule has 2 heterocycles. The Bertz CT molecular complexity index is 1200. The van der Waals surface area contributed by atoms with Crippen molar-refractivity contribution in [2.45, 2.75) is 50.4 Å². The lowest BCUT2D eigenvalue weighted by Gasteiger charge is -2.26. The zero-order valence-corrected chi connectivity index (χ0v) is 19.4. The van der Waals surface area contributed by atoms with E-state index in [4.69, 9.17) is 11.6 Å². The topological polar surface area (TPSA) is 98.6 Å². The third-order valence-corrected chi connectivity index (χ3v) is 6.94. The summed E-state index contributed by atoms with van der Waals surface area (Å²) in [5.74, 6) is 0.428. The van der Waals surface area contributed by atoms with Crippen LogP contribution in [0, 0.1) is 0 Å². The van der Waals surface area contributed by atoms with Crippen molar-refractivity contribution in [3.05, 3.63) is 76.4 Å². The van der Waals surface area contributed by atoms with E-state index in [0.29, 0.717) is 23.1 Å². The van der Waals surface area contributed by atoms with Crippen LogP contribution in [0.4, 0.5) is 5.95 Å². The predicted molar refractivity (Wildman–Crippen MR) is 131 cm³/mol. The van der Waals surface area contributed by atoms with Crippen molar-refractivity contribution >= 4 is 23.5 Å². The van der Waals surface area contributed by atoms with E-state index >= 15 is 0 Å². The molecule has 1 saturated carbocycles. The largest absolute Gasteiger partial charge is 0.394 e. The Morgan fingerprint density at radius 1 is 1.12 bits per heavy atom. The second kappa shape index (κ2) is 9.70. The third-order valence-electron chi connectivity index (χ3n) is 6.71. The summed E-state index contributed by atoms with van der Waals surface area (Å²) in [6, 6.07) is 14.6. The molecule has 3 aromatic rings. The Hall–Kier alpha value is -3.00. The number of fused-ring (bicyclic) bond motifs is 1. The number of nitrogens with zero attached hydrogens (tertiary/aromatic N) is 3. The molecule has 3 N–H and O–H groups in total. The van der Waals surface area contributed by atoms with Crippen molar-refractivity contribution < 1.29 is 15.0 Å². The highest BCUT2D eigenvalue weighted by atomic mass is 35.5. The Kier molecular flexibility index (Phi) is 6.50. The summed E-state index contributed by atoms with van der Waals surface area (Å²) in [6.45, 7) is 0.238. The number of anilines is 1. The van der Waals surface area contributed by atoms with Crippen LogP contribution in [0.3, 0.4) is 0 Å². The summed E-state index contributed by atoms with van der Waals surface area (Å²) in [6.07, 6.45) is 4.84. The molecule has 0 spiro atoms. The van der Waals surface area contributed by atoms with E-state index in [0.717, 1.165) is 48.1 Å². The van der Waals surface area contributed by atoms with E-state index in [-0.39, 0.29) is 24.7 Å². The molecule has 0 bridgehead atoms. The number of aliphatic hydroxyl groups is 2. The quantitative estimate of drug-likeness (QED) is 0.491. The minimum Gasteiger partial charge on any atom is -0.394 e. The maximum absolute atomic E-state index is 13.3. The number of amides is 1. The van der Waals surface area contributed by atoms with Gasteiger partial charge < -0.3 is 20.4 Å². The van der Waals surface area contributed by atoms with Gasteiger partial charge in [0.25, 0.3) is 5.91 Å². The minimum absolute atomic E-state index is 0.121. The fourth-order valence-electron chi connectivity index (χ4n) is 4.82. The first kappa shape index (κ1) is 22.8. The monoisotopic (exact) mass is 478 g/mol. The van der Waals surface area contributed by atoms with Gasteiger partial charge in [0.15, 0.2) is 0 Å². The Morgan fingerprint density at radius 2 is 1.94 bits per heavy atom. The second-order valence-corrected chi connectivity index (χ2v) is 9.41. The number of rotatable bonds is 6. The molecule has 1 unspecified atom stereocenters. The molecule has 1 aliphatic carbocycles. The van der Waals surface area contributed by atoms with Gasteiger partial charge in [-0.05, 0) is 61.1 Å². The van der Waals surface area contributed by atoms with E-state index < -0.39 is 6.04 Å². The van der Waals surface area contributed by atoms with Crippen molar-refractivity contribution in [2.75, 3.05) is 11.9 Å². The number of halogens is 1. The number of benzene rings is 2. The molecule has 0 saturated heterocycles. The maximum Gasteiger partial charge on any atom is 0.255 e. The first-order valence-electron chi connectivity index (χ1n) is 11.6. The smallest absolute Gasteiger partial charge is 0.255 e. The highest BCUT2D eigenvalue weighted by Crippen LogP contribution is 2.34. The molecule has 176 valence electrons. The lowest BCUT2D eigenvalue weighted by molar-refractivity contribution is 0.0615. The van der Waals surface area contributed by atoms with Crippen molar-refractivity contribution in [1.29, 1.82) is 0 Å². The SMILES string of the molecule is O=C1c2cc(-c3ccnc(NC4CCC(O)CC4)n3)ccc2CN1C(CO)c1cccc(Cl)c1. The number of carbonyl (C=O) groups is 1. The average Bonchev–Trinajstić information content (AvgIpc) is 3.17. The van der Waals surface area contributed by atoms with Crippen LogP contribution in [0.5, 0.6) is 0 Å². The number of nitrogens with one attached hydrogen (secondary N) is 1. The Balaban J connectivity index is 1.36. The lowest BCUT2D eigenvalue weighted by atomic mass is 9.93. The van der Waals surface area contributed by atoms with Crippen LogP contribution in [0.2, 0.25) is 5.02 Å². The third kappa shape index (κ3) is 4.64. The zero-order valence-electron chi connectivity index (χ0n) is 18.7. The van der Waals surface area contributed by atoms with Gasteiger partial charge in [0, 0.05) is 34.9 Å². The highest BCUT2D eigenvalue weighted by molar-refractivity contribution is 6.30. The molecule has 1 atom stereocenters. The van der Waals surface area contributed by atoms with E-state index in [1.165, 1.54) is 0 Å². The fourth-order valence-corrected chi connectivity index (χ4v) is 5.02. The van der Waals surface area contributed by atoms with E-state index in [1.807, 2.05) is 36.4 Å². The second-order valence-electron chi connectivity index (χ2n) is 8.97. The Labute approximate surface area is 203 Å². The summed E-state index contributed by atoms with van der Waals surface area (Å²) < 4.78 is 0. The summed E-state index contributed by atoms with van der Waals surface area (Å²) >= 11 is 6.13. The van der Waals surface area contributed by atoms with Gasteiger partial charge in [0.05, 0.1) is 24.4 Å². The van der Waals surface area contributed by atoms with Gasteiger partial charge in [0.2, 0.25) is 5.95 Å². The molecule has 0 radical (unpaired) electrons. The van der Waals surface area contributed by atoms with Crippen molar-refractivity contribution in [3.8, 4) is 11.3 Å². The van der Waals surface area contributed by atoms with Crippen LogP contribution in [-0.4, -0.2) is 49.7 Å². The van der Waals surface area contributed by atoms with Gasteiger partial charge in [-0.2, -0.15) is 0 Å². The van der Waals surface area contributed by atoms with Crippen LogP contribution in [0.25, 0.3) is 11.3 Å². The van der Waals surface area contributed by atoms with Gasteiger partial charge in [-0.25, -0.2) is 9.97 Å². The zero-order chi connectivity index (χ0) is 23.7. The minimum atomic E-state index is -0.467. The molecule has 8 heteroatoms. The normalized spacial score (nSPS) is 20.8. The van der Waals surface area contributed by atoms with Gasteiger partial charge in [-0.3, -0.25) is 4.79 Å². The van der Waals surface area contributed by atoms with Gasteiger partial charge in [0.1, 0.15) is 0 Å². The Morgan fingerprint density at radius 3 is 2.71 bits per heavy atom. The average molecular weight is 479 g/mol. The van der Waals surface area contributed by atoms with Crippen molar-refractivity contribution in [1.82, 2.24) is 14.9 Å². The number of aliphatic hydroxyl groups excluding tert-OH is 2. The van der Waals surface area contributed by atoms with E-state index in [2.05, 4.69) is 15.3 Å². The molecule has 7 nitrogen and oxygen atoms in total. The van der Waals surface area contributed by atoms with Crippen LogP contribution >= 0.6 is 11.6 Å². The van der Waals surface area contributed by atoms with Crippen molar-refractivity contribution in [3.63, 3.8) is 0 Å². The van der Waals surface area contributed by atoms with Crippen LogP contribution in [0.15, 0.2) is 54.7 Å². The molecule has 5 rings (SSSR count). The van der Waals surface area contributed by atoms with Gasteiger partial charge >= 0.3 is 0 Å². The summed E-state index contributed by atoms with van der Waals surface area (Å²) in [7, 11) is 0. The highest BCUT2D eigenvalue weighted by Gasteiger charge is 2.33. The first-order chi connectivity index (χ1) is 16.5. The number of carbonyl (C=O) groups excluding carboxylic acids is 1. The molecule has 1 aromatic heterocycles. The fraction of sp³-hybridized carbons (Fsp3) is 0.346. The first-order valence-corrected chi connectivity index (χ1v) is 12.0. The molecule has 2 aromatic carbocycles. The standard InChI is InChI=1S/C26H27ClN4O3/c27-19-3-1-2-17(12-19)24(15-32)31-14-18-5-4-16(13-22(18)25(31)34)23-10-11-28-26(30-23)29-20-6-8-21(33)9-7-20/h1-5,10-13,20-21,24,32-33H,6-9,14-15H2,(H,28,29,30). The van der Waals surface area contributed by atoms with Gasteiger partial charge in [-0.15, -0.1) is 0 Å². The summed E-state index contributed by atoms with van der Waals surface area (Å²) in [4.78, 5) is 24.0. The molecular weight excluding hydrogens is 452 g/mol. The van der Waals surface area contributed by atoms with Crippen molar-refractivity contribution in [2.24, 2.45) is 0 Å². The van der Waals surface area contributed by atoms with E-state index in [1.54, 1.807) is 23.2 Å². The molecule has 34 heavy (non-hydrogen) atoms. The van der Waals surface area contributed by atoms with Crippen LogP contribution < -0.4 is 5.32 Å². The number of hydrogen-bond acceptors (Lipinski definition) is 6. The molecule has 1 fully saturated rings. The number of hydrogen-bond donors (Lipinski definition) is 3. The summed E-state index contributed by atoms with van der Waals surface area (Å²) in [5, 5.41) is 23.7. The molecule has 1 amide bonds. The number of aromatic nitrogens is 2. The summed E-state index contributed by atoms with van der Waals surface area (Å²) in [5.41, 5.74) is 3.91. The lowest BCUT2D eigenvalue weighted by Crippen LogP contribution is -2.31. The maximum atomic E-state index is 13.3. The molecule has 1 aliphatic heterocycles.